The molecule has 0 aliphatic carbocycles. The molecular weight excluding hydrogens is 380 g/mol. The van der Waals surface area contributed by atoms with Gasteiger partial charge in [-0.25, -0.2) is 4.79 Å². The van der Waals surface area contributed by atoms with E-state index in [2.05, 4.69) is 5.32 Å². The number of phenols is 1. The fourth-order valence-electron chi connectivity index (χ4n) is 2.34. The average molecular weight is 404 g/mol. The zero-order valence-electron chi connectivity index (χ0n) is 17.0. The van der Waals surface area contributed by atoms with E-state index in [9.17, 15) is 30.1 Å². The van der Waals surface area contributed by atoms with Crippen LogP contribution < -0.4 is 10.1 Å². The van der Waals surface area contributed by atoms with Crippen LogP contribution in [0.1, 0.15) is 40.2 Å². The van der Waals surface area contributed by atoms with Crippen LogP contribution in [0.15, 0.2) is 17.7 Å². The summed E-state index contributed by atoms with van der Waals surface area (Å²) in [6.07, 6.45) is 0.213. The summed E-state index contributed by atoms with van der Waals surface area (Å²) in [5.74, 6) is -1.86. The smallest absolute Gasteiger partial charge is 0.413 e. The molecule has 156 valence electrons. The molecule has 0 aliphatic heterocycles. The molecule has 0 radical (unpaired) electrons. The van der Waals surface area contributed by atoms with E-state index in [4.69, 9.17) is 4.74 Å². The van der Waals surface area contributed by atoms with E-state index in [1.165, 1.54) is 4.90 Å². The Morgan fingerprint density at radius 1 is 1.34 bits per heavy atom. The molecule has 0 spiro atoms. The van der Waals surface area contributed by atoms with Crippen molar-refractivity contribution in [2.45, 2.75) is 40.2 Å². The Hall–Kier alpha value is -3.61. The van der Waals surface area contributed by atoms with E-state index in [-0.39, 0.29) is 11.1 Å². The summed E-state index contributed by atoms with van der Waals surface area (Å²) in [6.45, 7) is 9.37. The van der Waals surface area contributed by atoms with Crippen molar-refractivity contribution in [2.24, 2.45) is 0 Å². The number of likely N-dealkylation sites (N-methyl/N-ethyl adjacent to an activating group) is 1. The predicted octanol–water partition coefficient (Wildman–Crippen LogP) is 2.96. The Labute approximate surface area is 168 Å². The van der Waals surface area contributed by atoms with Gasteiger partial charge in [-0.3, -0.25) is 14.9 Å². The van der Waals surface area contributed by atoms with Crippen LogP contribution in [0.5, 0.6) is 11.5 Å². The standard InChI is InChI=1S/C19H24N4O6/c1-6-22(7-2)17(25)13(11-20)8-12-9-14(23(27)28)16(24)15(10-12)29-18(26)21-19(3,4)5/h8-10,24H,6-7H2,1-5H3,(H,21,26)/b13-8+. The van der Waals surface area contributed by atoms with E-state index in [1.807, 2.05) is 0 Å². The highest BCUT2D eigenvalue weighted by atomic mass is 16.6. The van der Waals surface area contributed by atoms with E-state index in [1.54, 1.807) is 40.7 Å². The van der Waals surface area contributed by atoms with Gasteiger partial charge in [0, 0.05) is 24.7 Å². The number of aromatic hydroxyl groups is 1. The number of carbonyl (C=O) groups is 2. The molecule has 1 rings (SSSR count). The number of nitro groups is 1. The van der Waals surface area contributed by atoms with Crippen molar-refractivity contribution in [2.75, 3.05) is 13.1 Å². The predicted molar refractivity (Wildman–Crippen MR) is 105 cm³/mol. The molecule has 2 N–H and O–H groups in total. The number of nitriles is 1. The van der Waals surface area contributed by atoms with Crippen LogP contribution in [-0.4, -0.2) is 45.6 Å². The van der Waals surface area contributed by atoms with Crippen molar-refractivity contribution in [3.05, 3.63) is 33.4 Å². The molecule has 0 fully saturated rings. The number of carbonyl (C=O) groups excluding carboxylic acids is 2. The van der Waals surface area contributed by atoms with Crippen molar-refractivity contribution in [3.63, 3.8) is 0 Å². The van der Waals surface area contributed by atoms with E-state index in [0.29, 0.717) is 13.1 Å². The molecule has 10 heteroatoms. The Balaban J connectivity index is 3.43. The highest BCUT2D eigenvalue weighted by Gasteiger charge is 2.24. The van der Waals surface area contributed by atoms with Crippen LogP contribution in [0.4, 0.5) is 10.5 Å². The molecule has 0 bridgehead atoms. The molecule has 0 saturated carbocycles. The second-order valence-corrected chi connectivity index (χ2v) is 7.06. The lowest BCUT2D eigenvalue weighted by Crippen LogP contribution is -2.42. The van der Waals surface area contributed by atoms with E-state index in [0.717, 1.165) is 18.2 Å². The number of hydrogen-bond acceptors (Lipinski definition) is 7. The van der Waals surface area contributed by atoms with Crippen LogP contribution in [-0.2, 0) is 4.79 Å². The minimum atomic E-state index is -0.928. The minimum Gasteiger partial charge on any atom is -0.499 e. The van der Waals surface area contributed by atoms with Gasteiger partial charge in [0.15, 0.2) is 5.75 Å². The molecule has 0 aromatic heterocycles. The van der Waals surface area contributed by atoms with Gasteiger partial charge in [-0.05, 0) is 52.3 Å². The van der Waals surface area contributed by atoms with Gasteiger partial charge in [-0.15, -0.1) is 0 Å². The van der Waals surface area contributed by atoms with Crippen LogP contribution >= 0.6 is 0 Å². The molecule has 10 nitrogen and oxygen atoms in total. The first kappa shape index (κ1) is 23.4. The fraction of sp³-hybridized carbons (Fsp3) is 0.421. The zero-order valence-corrected chi connectivity index (χ0v) is 17.0. The largest absolute Gasteiger partial charge is 0.499 e. The second-order valence-electron chi connectivity index (χ2n) is 7.06. The zero-order chi connectivity index (χ0) is 22.4. The Morgan fingerprint density at radius 2 is 1.93 bits per heavy atom. The molecule has 0 atom stereocenters. The Kier molecular flexibility index (Phi) is 7.71. The van der Waals surface area contributed by atoms with Crippen molar-refractivity contribution in [1.29, 1.82) is 5.26 Å². The summed E-state index contributed by atoms with van der Waals surface area (Å²) in [7, 11) is 0. The molecule has 1 aromatic rings. The lowest BCUT2D eigenvalue weighted by Gasteiger charge is -2.20. The number of nitrogens with zero attached hydrogens (tertiary/aromatic N) is 3. The van der Waals surface area contributed by atoms with Crippen molar-refractivity contribution >= 4 is 23.8 Å². The first-order chi connectivity index (χ1) is 13.4. The van der Waals surface area contributed by atoms with Crippen LogP contribution in [0, 0.1) is 21.4 Å². The first-order valence-electron chi connectivity index (χ1n) is 8.85. The number of phenolic OH excluding ortho intramolecular Hbond substituents is 1. The molecule has 0 aliphatic rings. The van der Waals surface area contributed by atoms with Crippen LogP contribution in [0.25, 0.3) is 6.08 Å². The van der Waals surface area contributed by atoms with Gasteiger partial charge in [-0.2, -0.15) is 5.26 Å². The van der Waals surface area contributed by atoms with Crippen molar-refractivity contribution in [1.82, 2.24) is 10.2 Å². The summed E-state index contributed by atoms with van der Waals surface area (Å²) in [5.41, 5.74) is -1.57. The molecule has 0 heterocycles. The Bertz CT molecular complexity index is 876. The highest BCUT2D eigenvalue weighted by Crippen LogP contribution is 2.38. The van der Waals surface area contributed by atoms with Gasteiger partial charge in [0.05, 0.1) is 4.92 Å². The van der Waals surface area contributed by atoms with Gasteiger partial charge in [-0.1, -0.05) is 0 Å². The summed E-state index contributed by atoms with van der Waals surface area (Å²) in [5, 5.41) is 33.2. The van der Waals surface area contributed by atoms with Gasteiger partial charge < -0.3 is 20.1 Å². The summed E-state index contributed by atoms with van der Waals surface area (Å²) in [4.78, 5) is 36.2. The normalized spacial score (nSPS) is 11.4. The van der Waals surface area contributed by atoms with Gasteiger partial charge >= 0.3 is 11.8 Å². The number of amides is 2. The second kappa shape index (κ2) is 9.54. The fourth-order valence-corrected chi connectivity index (χ4v) is 2.34. The third-order valence-corrected chi connectivity index (χ3v) is 3.67. The molecule has 2 amide bonds. The maximum absolute atomic E-state index is 12.4. The third kappa shape index (κ3) is 6.49. The van der Waals surface area contributed by atoms with Gasteiger partial charge in [0.25, 0.3) is 5.91 Å². The first-order valence-corrected chi connectivity index (χ1v) is 8.85. The number of benzene rings is 1. The highest BCUT2D eigenvalue weighted by molar-refractivity contribution is 6.01. The quantitative estimate of drug-likeness (QED) is 0.321. The maximum atomic E-state index is 12.4. The van der Waals surface area contributed by atoms with Crippen LogP contribution in [0.2, 0.25) is 0 Å². The lowest BCUT2D eigenvalue weighted by atomic mass is 10.1. The topological polar surface area (TPSA) is 146 Å². The number of nitro benzene ring substituents is 1. The minimum absolute atomic E-state index is 0.0464. The molecule has 0 unspecified atom stereocenters. The SMILES string of the molecule is CCN(CC)C(=O)/C(C#N)=C/c1cc(OC(=O)NC(C)(C)C)c(O)c([N+](=O)[O-])c1. The molecule has 0 saturated heterocycles. The molecule has 29 heavy (non-hydrogen) atoms. The number of rotatable bonds is 6. The number of nitrogens with one attached hydrogen (secondary N) is 1. The van der Waals surface area contributed by atoms with Crippen molar-refractivity contribution < 1.29 is 24.4 Å². The number of ether oxygens (including phenoxy) is 1. The monoisotopic (exact) mass is 404 g/mol. The lowest BCUT2D eigenvalue weighted by molar-refractivity contribution is -0.385. The maximum Gasteiger partial charge on any atom is 0.413 e. The van der Waals surface area contributed by atoms with Crippen LogP contribution in [0.3, 0.4) is 0 Å². The third-order valence-electron chi connectivity index (χ3n) is 3.67. The van der Waals surface area contributed by atoms with Crippen molar-refractivity contribution in [3.8, 4) is 17.6 Å². The van der Waals surface area contributed by atoms with Gasteiger partial charge in [0.1, 0.15) is 11.6 Å². The number of hydrogen-bond donors (Lipinski definition) is 2. The van der Waals surface area contributed by atoms with Gasteiger partial charge in [0.2, 0.25) is 5.75 Å². The molecule has 1 aromatic carbocycles. The Morgan fingerprint density at radius 3 is 2.38 bits per heavy atom. The van der Waals surface area contributed by atoms with E-state index >= 15 is 0 Å². The summed E-state index contributed by atoms with van der Waals surface area (Å²) >= 11 is 0. The molecular formula is C19H24N4O6. The summed E-state index contributed by atoms with van der Waals surface area (Å²) < 4.78 is 5.01. The summed E-state index contributed by atoms with van der Waals surface area (Å²) in [6, 6.07) is 3.89. The average Bonchev–Trinajstić information content (AvgIpc) is 2.60. The van der Waals surface area contributed by atoms with E-state index < -0.39 is 39.6 Å².